The largest absolute Gasteiger partial charge is 0.478 e. The molecule has 0 saturated carbocycles. The van der Waals surface area contributed by atoms with Crippen LogP contribution in [0.5, 0.6) is 0 Å². The molecular weight excluding hydrogens is 398 g/mol. The number of thiazole rings is 1. The van der Waals surface area contributed by atoms with Gasteiger partial charge in [0, 0.05) is 12.1 Å². The molecule has 1 saturated heterocycles. The molecule has 0 radical (unpaired) electrons. The molecule has 8 heteroatoms. The molecule has 30 heavy (non-hydrogen) atoms. The molecule has 3 aromatic rings. The Hall–Kier alpha value is -3.44. The highest BCUT2D eigenvalue weighted by Crippen LogP contribution is 2.37. The molecule has 2 N–H and O–H groups in total. The Balaban J connectivity index is 1.73. The first-order chi connectivity index (χ1) is 14.5. The van der Waals surface area contributed by atoms with Crippen molar-refractivity contribution in [1.82, 2.24) is 9.97 Å². The maximum Gasteiger partial charge on any atom is 0.336 e. The minimum absolute atomic E-state index is 0.153. The molecule has 0 bridgehead atoms. The van der Waals surface area contributed by atoms with E-state index in [0.29, 0.717) is 27.2 Å². The van der Waals surface area contributed by atoms with Gasteiger partial charge >= 0.3 is 5.97 Å². The second-order valence-corrected chi connectivity index (χ2v) is 8.37. The minimum Gasteiger partial charge on any atom is -0.478 e. The van der Waals surface area contributed by atoms with Crippen molar-refractivity contribution in [2.24, 2.45) is 0 Å². The Bertz CT molecular complexity index is 1130. The van der Waals surface area contributed by atoms with Crippen molar-refractivity contribution < 1.29 is 9.90 Å². The highest BCUT2D eigenvalue weighted by atomic mass is 32.1. The molecule has 1 aromatic carbocycles. The number of carboxylic acids is 1. The summed E-state index contributed by atoms with van der Waals surface area (Å²) in [5, 5.41) is 22.4. The second-order valence-electron chi connectivity index (χ2n) is 7.34. The number of carboxylic acid groups (broad SMARTS) is 1. The molecule has 4 rings (SSSR count). The summed E-state index contributed by atoms with van der Waals surface area (Å²) in [7, 11) is 0. The van der Waals surface area contributed by atoms with Gasteiger partial charge in [-0.1, -0.05) is 41.2 Å². The Morgan fingerprint density at radius 3 is 2.77 bits per heavy atom. The number of aromatic nitrogens is 2. The van der Waals surface area contributed by atoms with E-state index in [1.807, 2.05) is 0 Å². The van der Waals surface area contributed by atoms with Gasteiger partial charge in [-0.2, -0.15) is 5.26 Å². The number of aryl methyl sites for hydroxylation is 1. The van der Waals surface area contributed by atoms with Crippen molar-refractivity contribution in [3.63, 3.8) is 0 Å². The molecule has 7 nitrogen and oxygen atoms in total. The first-order valence-corrected chi connectivity index (χ1v) is 10.5. The topological polar surface area (TPSA) is 102 Å². The third-order valence-corrected chi connectivity index (χ3v) is 6.16. The van der Waals surface area contributed by atoms with Gasteiger partial charge in [0.25, 0.3) is 0 Å². The van der Waals surface area contributed by atoms with Crippen LogP contribution in [0.15, 0.2) is 36.5 Å². The summed E-state index contributed by atoms with van der Waals surface area (Å²) in [6.45, 7) is 4.59. The quantitative estimate of drug-likeness (QED) is 0.612. The number of nitrogens with zero attached hydrogens (tertiary/aromatic N) is 4. The molecule has 0 spiro atoms. The Morgan fingerprint density at radius 2 is 2.10 bits per heavy atom. The van der Waals surface area contributed by atoms with Crippen molar-refractivity contribution in [2.45, 2.75) is 32.7 Å². The normalized spacial score (nSPS) is 15.8. The van der Waals surface area contributed by atoms with E-state index in [1.165, 1.54) is 28.7 Å². The third-order valence-electron chi connectivity index (χ3n) is 5.34. The van der Waals surface area contributed by atoms with E-state index >= 15 is 0 Å². The van der Waals surface area contributed by atoms with E-state index in [-0.39, 0.29) is 11.6 Å². The van der Waals surface area contributed by atoms with Crippen molar-refractivity contribution in [1.29, 1.82) is 5.26 Å². The predicted molar refractivity (Wildman–Crippen MR) is 117 cm³/mol. The van der Waals surface area contributed by atoms with Crippen LogP contribution in [-0.2, 0) is 0 Å². The van der Waals surface area contributed by atoms with E-state index in [0.717, 1.165) is 19.4 Å². The number of pyridine rings is 1. The standard InChI is InChI=1S/C22H21N5O2S/c1-13-5-7-15(8-6-13)18-4-3-9-27(18)19-10-17(21(28)29)14(2)20(25-19)26-22-24-12-16(11-23)30-22/h5-8,10,12,18H,3-4,9H2,1-2H3,(H,28,29)(H,24,25,26)/t18-/m0/s1. The van der Waals surface area contributed by atoms with Crippen LogP contribution < -0.4 is 10.2 Å². The number of anilines is 3. The lowest BCUT2D eigenvalue weighted by Gasteiger charge is -2.27. The van der Waals surface area contributed by atoms with Crippen LogP contribution >= 0.6 is 11.3 Å². The molecule has 0 amide bonds. The SMILES string of the molecule is Cc1ccc([C@@H]2CCCN2c2cc(C(=O)O)c(C)c(Nc3ncc(C#N)s3)n2)cc1. The van der Waals surface area contributed by atoms with Crippen LogP contribution in [0.1, 0.15) is 50.8 Å². The summed E-state index contributed by atoms with van der Waals surface area (Å²) in [4.78, 5) is 23.5. The summed E-state index contributed by atoms with van der Waals surface area (Å²) >= 11 is 1.20. The molecule has 0 aliphatic carbocycles. The van der Waals surface area contributed by atoms with Crippen molar-refractivity contribution >= 4 is 34.1 Å². The van der Waals surface area contributed by atoms with Gasteiger partial charge in [-0.05, 0) is 38.3 Å². The first kappa shape index (κ1) is 19.9. The van der Waals surface area contributed by atoms with Crippen LogP contribution in [0.2, 0.25) is 0 Å². The number of nitrogens with one attached hydrogen (secondary N) is 1. The minimum atomic E-state index is -0.998. The summed E-state index contributed by atoms with van der Waals surface area (Å²) in [6, 6.07) is 12.3. The Morgan fingerprint density at radius 1 is 1.33 bits per heavy atom. The van der Waals surface area contributed by atoms with Crippen molar-refractivity contribution in [3.05, 3.63) is 63.7 Å². The summed E-state index contributed by atoms with van der Waals surface area (Å²) in [6.07, 6.45) is 3.48. The van der Waals surface area contributed by atoms with Gasteiger partial charge in [-0.25, -0.2) is 14.8 Å². The smallest absolute Gasteiger partial charge is 0.336 e. The van der Waals surface area contributed by atoms with Gasteiger partial charge in [0.15, 0.2) is 5.13 Å². The molecule has 2 aromatic heterocycles. The zero-order valence-electron chi connectivity index (χ0n) is 16.7. The molecule has 3 heterocycles. The van der Waals surface area contributed by atoms with Gasteiger partial charge in [-0.3, -0.25) is 0 Å². The lowest BCUT2D eigenvalue weighted by Crippen LogP contribution is -2.24. The molecule has 1 aliphatic rings. The van der Waals surface area contributed by atoms with Gasteiger partial charge in [0.1, 0.15) is 22.6 Å². The fourth-order valence-corrected chi connectivity index (χ4v) is 4.36. The molecule has 152 valence electrons. The maximum absolute atomic E-state index is 11.9. The monoisotopic (exact) mass is 419 g/mol. The zero-order chi connectivity index (χ0) is 21.3. The van der Waals surface area contributed by atoms with Crippen molar-refractivity contribution in [2.75, 3.05) is 16.8 Å². The van der Waals surface area contributed by atoms with E-state index in [9.17, 15) is 9.90 Å². The molecule has 1 aliphatic heterocycles. The number of hydrogen-bond acceptors (Lipinski definition) is 7. The fraction of sp³-hybridized carbons (Fsp3) is 0.273. The average molecular weight is 420 g/mol. The van der Waals surface area contributed by atoms with E-state index in [1.54, 1.807) is 13.0 Å². The van der Waals surface area contributed by atoms with E-state index in [2.05, 4.69) is 52.5 Å². The van der Waals surface area contributed by atoms with Crippen LogP contribution in [0.4, 0.5) is 16.8 Å². The predicted octanol–water partition coefficient (Wildman–Crippen LogP) is 4.81. The Kier molecular flexibility index (Phi) is 5.38. The zero-order valence-corrected chi connectivity index (χ0v) is 17.5. The van der Waals surface area contributed by atoms with Crippen LogP contribution in [0.3, 0.4) is 0 Å². The van der Waals surface area contributed by atoms with E-state index in [4.69, 9.17) is 10.2 Å². The van der Waals surface area contributed by atoms with Gasteiger partial charge < -0.3 is 15.3 Å². The molecular formula is C22H21N5O2S. The van der Waals surface area contributed by atoms with Crippen molar-refractivity contribution in [3.8, 4) is 6.07 Å². The van der Waals surface area contributed by atoms with E-state index < -0.39 is 5.97 Å². The molecule has 1 atom stereocenters. The van der Waals surface area contributed by atoms with Crippen LogP contribution in [0, 0.1) is 25.2 Å². The number of nitriles is 1. The number of benzene rings is 1. The third kappa shape index (κ3) is 3.84. The van der Waals surface area contributed by atoms with Gasteiger partial charge in [0.05, 0.1) is 17.8 Å². The number of carbonyl (C=O) groups is 1. The lowest BCUT2D eigenvalue weighted by molar-refractivity contribution is 0.0696. The number of hydrogen-bond donors (Lipinski definition) is 2. The highest BCUT2D eigenvalue weighted by Gasteiger charge is 2.29. The summed E-state index contributed by atoms with van der Waals surface area (Å²) < 4.78 is 0. The maximum atomic E-state index is 11.9. The number of aromatic carboxylic acids is 1. The summed E-state index contributed by atoms with van der Waals surface area (Å²) in [5.74, 6) is 0.0704. The van der Waals surface area contributed by atoms with Crippen LogP contribution in [0.25, 0.3) is 0 Å². The highest BCUT2D eigenvalue weighted by molar-refractivity contribution is 7.16. The average Bonchev–Trinajstić information content (AvgIpc) is 3.39. The number of rotatable bonds is 5. The molecule has 0 unspecified atom stereocenters. The Labute approximate surface area is 178 Å². The van der Waals surface area contributed by atoms with Gasteiger partial charge in [0.2, 0.25) is 0 Å². The summed E-state index contributed by atoms with van der Waals surface area (Å²) in [5.41, 5.74) is 3.14. The first-order valence-electron chi connectivity index (χ1n) is 9.67. The molecule has 1 fully saturated rings. The lowest BCUT2D eigenvalue weighted by atomic mass is 10.0. The second kappa shape index (κ2) is 8.13. The van der Waals surface area contributed by atoms with Crippen LogP contribution in [-0.4, -0.2) is 27.6 Å². The fourth-order valence-electron chi connectivity index (χ4n) is 3.75. The van der Waals surface area contributed by atoms with Gasteiger partial charge in [-0.15, -0.1) is 0 Å².